The first kappa shape index (κ1) is 15.9. The number of oxime groups is 1. The van der Waals surface area contributed by atoms with E-state index in [1.807, 2.05) is 13.0 Å². The number of pyridine rings is 1. The lowest BCUT2D eigenvalue weighted by Gasteiger charge is -2.14. The number of nitrogens with two attached hydrogens (primary N) is 1. The summed E-state index contributed by atoms with van der Waals surface area (Å²) in [5, 5.41) is 17.6. The monoisotopic (exact) mass is 279 g/mol. The van der Waals surface area contributed by atoms with E-state index in [1.165, 1.54) is 0 Å². The topological polar surface area (TPSA) is 113 Å². The zero-order chi connectivity index (χ0) is 15.0. The molecule has 0 fully saturated rings. The van der Waals surface area contributed by atoms with Gasteiger partial charge in [-0.25, -0.2) is 0 Å². The summed E-state index contributed by atoms with van der Waals surface area (Å²) in [6.07, 6.45) is 2.46. The predicted molar refractivity (Wildman–Crippen MR) is 76.4 cm³/mol. The Morgan fingerprint density at radius 1 is 1.60 bits per heavy atom. The third-order valence-corrected chi connectivity index (χ3v) is 2.78. The van der Waals surface area contributed by atoms with Crippen molar-refractivity contribution in [2.24, 2.45) is 10.9 Å². The molecule has 20 heavy (non-hydrogen) atoms. The number of hydrogen-bond acceptors (Lipinski definition) is 5. The standard InChI is InChI=1S/C13H21N5O2/c1-3-6-16-13(19)9(2)17-8-10-5-4-7-15-11(10)12(14)18-20/h4-5,7,9,17,20H,3,6,8H2,1-2H3,(H2,14,18)(H,16,19). The van der Waals surface area contributed by atoms with Gasteiger partial charge in [-0.05, 0) is 25.0 Å². The molecule has 1 amide bonds. The molecule has 1 heterocycles. The number of nitrogens with zero attached hydrogens (tertiary/aromatic N) is 2. The predicted octanol–water partition coefficient (Wildman–Crippen LogP) is 0.180. The Morgan fingerprint density at radius 2 is 2.35 bits per heavy atom. The molecule has 0 saturated carbocycles. The molecule has 0 radical (unpaired) electrons. The third-order valence-electron chi connectivity index (χ3n) is 2.78. The first-order chi connectivity index (χ1) is 9.60. The summed E-state index contributed by atoms with van der Waals surface area (Å²) in [4.78, 5) is 15.8. The van der Waals surface area contributed by atoms with Crippen LogP contribution in [0.15, 0.2) is 23.5 Å². The van der Waals surface area contributed by atoms with Crippen molar-refractivity contribution in [1.29, 1.82) is 0 Å². The van der Waals surface area contributed by atoms with Crippen LogP contribution in [-0.2, 0) is 11.3 Å². The van der Waals surface area contributed by atoms with Gasteiger partial charge in [0, 0.05) is 19.3 Å². The molecule has 110 valence electrons. The van der Waals surface area contributed by atoms with Gasteiger partial charge < -0.3 is 21.6 Å². The van der Waals surface area contributed by atoms with Crippen molar-refractivity contribution in [2.75, 3.05) is 6.54 Å². The SMILES string of the molecule is CCCNC(=O)C(C)NCc1cccnc1C(N)=NO. The van der Waals surface area contributed by atoms with E-state index in [-0.39, 0.29) is 17.8 Å². The molecule has 0 aliphatic carbocycles. The normalized spacial score (nSPS) is 13.0. The number of aromatic nitrogens is 1. The summed E-state index contributed by atoms with van der Waals surface area (Å²) in [6.45, 7) is 4.84. The maximum atomic E-state index is 11.7. The number of carbonyl (C=O) groups is 1. The fourth-order valence-electron chi connectivity index (χ4n) is 1.62. The van der Waals surface area contributed by atoms with Gasteiger partial charge in [-0.3, -0.25) is 9.78 Å². The van der Waals surface area contributed by atoms with E-state index >= 15 is 0 Å². The van der Waals surface area contributed by atoms with Crippen molar-refractivity contribution < 1.29 is 10.0 Å². The molecule has 1 unspecified atom stereocenters. The Labute approximate surface area is 118 Å². The Morgan fingerprint density at radius 3 is 3.00 bits per heavy atom. The molecular formula is C13H21N5O2. The maximum Gasteiger partial charge on any atom is 0.236 e. The Hall–Kier alpha value is -2.15. The second-order valence-corrected chi connectivity index (χ2v) is 4.39. The van der Waals surface area contributed by atoms with Crippen LogP contribution in [0.4, 0.5) is 0 Å². The van der Waals surface area contributed by atoms with E-state index in [9.17, 15) is 4.79 Å². The van der Waals surface area contributed by atoms with E-state index in [0.29, 0.717) is 18.8 Å². The molecule has 0 aliphatic heterocycles. The van der Waals surface area contributed by atoms with Crippen molar-refractivity contribution in [3.05, 3.63) is 29.6 Å². The van der Waals surface area contributed by atoms with Gasteiger partial charge in [0.1, 0.15) is 5.69 Å². The molecule has 1 aromatic rings. The summed E-state index contributed by atoms with van der Waals surface area (Å²) < 4.78 is 0. The molecule has 0 spiro atoms. The van der Waals surface area contributed by atoms with Crippen LogP contribution in [0.5, 0.6) is 0 Å². The molecule has 5 N–H and O–H groups in total. The molecule has 1 atom stereocenters. The molecule has 0 saturated heterocycles. The Bertz CT molecular complexity index is 476. The van der Waals surface area contributed by atoms with Crippen LogP contribution in [0, 0.1) is 0 Å². The van der Waals surface area contributed by atoms with Gasteiger partial charge in [0.25, 0.3) is 0 Å². The summed E-state index contributed by atoms with van der Waals surface area (Å²) in [5.41, 5.74) is 6.73. The van der Waals surface area contributed by atoms with Crippen molar-refractivity contribution >= 4 is 11.7 Å². The van der Waals surface area contributed by atoms with Crippen molar-refractivity contribution in [3.8, 4) is 0 Å². The largest absolute Gasteiger partial charge is 0.409 e. The van der Waals surface area contributed by atoms with Crippen LogP contribution in [0.25, 0.3) is 0 Å². The van der Waals surface area contributed by atoms with E-state index in [4.69, 9.17) is 10.9 Å². The molecule has 1 aromatic heterocycles. The van der Waals surface area contributed by atoms with Gasteiger partial charge >= 0.3 is 0 Å². The maximum absolute atomic E-state index is 11.7. The zero-order valence-corrected chi connectivity index (χ0v) is 11.8. The highest BCUT2D eigenvalue weighted by atomic mass is 16.4. The number of amides is 1. The number of hydrogen-bond donors (Lipinski definition) is 4. The molecule has 0 bridgehead atoms. The van der Waals surface area contributed by atoms with Crippen molar-refractivity contribution in [1.82, 2.24) is 15.6 Å². The van der Waals surface area contributed by atoms with E-state index in [0.717, 1.165) is 12.0 Å². The second-order valence-electron chi connectivity index (χ2n) is 4.39. The Kier molecular flexibility index (Phi) is 6.45. The van der Waals surface area contributed by atoms with Crippen LogP contribution >= 0.6 is 0 Å². The lowest BCUT2D eigenvalue weighted by molar-refractivity contribution is -0.122. The second kappa shape index (κ2) is 8.11. The number of carbonyl (C=O) groups excluding carboxylic acids is 1. The minimum absolute atomic E-state index is 0.0505. The van der Waals surface area contributed by atoms with Gasteiger partial charge in [-0.1, -0.05) is 18.1 Å². The van der Waals surface area contributed by atoms with Gasteiger partial charge in [0.05, 0.1) is 6.04 Å². The first-order valence-corrected chi connectivity index (χ1v) is 6.53. The molecule has 7 heteroatoms. The van der Waals surface area contributed by atoms with E-state index in [2.05, 4.69) is 20.8 Å². The fraction of sp³-hybridized carbons (Fsp3) is 0.462. The van der Waals surface area contributed by atoms with Crippen molar-refractivity contribution in [3.63, 3.8) is 0 Å². The van der Waals surface area contributed by atoms with Gasteiger partial charge in [0.15, 0.2) is 5.84 Å². The number of nitrogens with one attached hydrogen (secondary N) is 2. The lowest BCUT2D eigenvalue weighted by Crippen LogP contribution is -2.42. The van der Waals surface area contributed by atoms with Crippen LogP contribution in [-0.4, -0.2) is 34.5 Å². The summed E-state index contributed by atoms with van der Waals surface area (Å²) in [6, 6.07) is 3.23. The highest BCUT2D eigenvalue weighted by molar-refractivity contribution is 5.96. The summed E-state index contributed by atoms with van der Waals surface area (Å²) in [7, 11) is 0. The average Bonchev–Trinajstić information content (AvgIpc) is 2.49. The quantitative estimate of drug-likeness (QED) is 0.246. The van der Waals surface area contributed by atoms with E-state index in [1.54, 1.807) is 19.2 Å². The highest BCUT2D eigenvalue weighted by Gasteiger charge is 2.13. The summed E-state index contributed by atoms with van der Waals surface area (Å²) >= 11 is 0. The summed E-state index contributed by atoms with van der Waals surface area (Å²) in [5.74, 6) is -0.105. The molecule has 7 nitrogen and oxygen atoms in total. The average molecular weight is 279 g/mol. The number of rotatable bonds is 7. The van der Waals surface area contributed by atoms with Crippen LogP contribution in [0.1, 0.15) is 31.5 Å². The Balaban J connectivity index is 2.64. The van der Waals surface area contributed by atoms with Crippen molar-refractivity contribution in [2.45, 2.75) is 32.9 Å². The minimum Gasteiger partial charge on any atom is -0.409 e. The minimum atomic E-state index is -0.332. The lowest BCUT2D eigenvalue weighted by atomic mass is 10.1. The van der Waals surface area contributed by atoms with Crippen LogP contribution < -0.4 is 16.4 Å². The fourth-order valence-corrected chi connectivity index (χ4v) is 1.62. The van der Waals surface area contributed by atoms with Crippen LogP contribution in [0.3, 0.4) is 0 Å². The highest BCUT2D eigenvalue weighted by Crippen LogP contribution is 2.05. The molecule has 0 aromatic carbocycles. The zero-order valence-electron chi connectivity index (χ0n) is 11.8. The molecular weight excluding hydrogens is 258 g/mol. The number of amidine groups is 1. The first-order valence-electron chi connectivity index (χ1n) is 6.53. The van der Waals surface area contributed by atoms with Crippen LogP contribution in [0.2, 0.25) is 0 Å². The van der Waals surface area contributed by atoms with Gasteiger partial charge in [0.2, 0.25) is 5.91 Å². The van der Waals surface area contributed by atoms with Gasteiger partial charge in [-0.2, -0.15) is 0 Å². The van der Waals surface area contributed by atoms with E-state index < -0.39 is 0 Å². The molecule has 0 aliphatic rings. The molecule has 1 rings (SSSR count). The van der Waals surface area contributed by atoms with Gasteiger partial charge in [-0.15, -0.1) is 0 Å². The smallest absolute Gasteiger partial charge is 0.236 e. The third kappa shape index (κ3) is 4.51.